The predicted molar refractivity (Wildman–Crippen MR) is 99.2 cm³/mol. The fourth-order valence-electron chi connectivity index (χ4n) is 3.10. The molecule has 0 spiro atoms. The van der Waals surface area contributed by atoms with E-state index in [1.807, 2.05) is 0 Å². The molecule has 3 atom stereocenters. The van der Waals surface area contributed by atoms with Gasteiger partial charge in [0, 0.05) is 18.8 Å². The number of anilines is 1. The van der Waals surface area contributed by atoms with Crippen LogP contribution < -0.4 is 10.6 Å². The van der Waals surface area contributed by atoms with E-state index in [9.17, 15) is 19.1 Å². The van der Waals surface area contributed by atoms with Crippen LogP contribution in [0.5, 0.6) is 0 Å². The summed E-state index contributed by atoms with van der Waals surface area (Å²) in [6, 6.07) is 4.31. The van der Waals surface area contributed by atoms with Crippen LogP contribution in [0.4, 0.5) is 14.9 Å². The molecule has 2 heterocycles. The SMILES string of the molecule is O=C(Nc1ccc(F)cc1)N[C@H]1C=C[C@@H](CC(=O)N2CCOCC2)O[C@H]1CO. The Morgan fingerprint density at radius 1 is 1.18 bits per heavy atom. The molecule has 0 radical (unpaired) electrons. The van der Waals surface area contributed by atoms with Crippen LogP contribution in [0.3, 0.4) is 0 Å². The molecule has 0 saturated carbocycles. The van der Waals surface area contributed by atoms with Crippen LogP contribution in [0.2, 0.25) is 0 Å². The lowest BCUT2D eigenvalue weighted by Gasteiger charge is -2.33. The van der Waals surface area contributed by atoms with Gasteiger partial charge in [0.15, 0.2) is 0 Å². The summed E-state index contributed by atoms with van der Waals surface area (Å²) in [7, 11) is 0. The number of aliphatic hydroxyl groups excluding tert-OH is 1. The first-order chi connectivity index (χ1) is 13.5. The average Bonchev–Trinajstić information content (AvgIpc) is 2.71. The van der Waals surface area contributed by atoms with Gasteiger partial charge in [-0.1, -0.05) is 12.2 Å². The summed E-state index contributed by atoms with van der Waals surface area (Å²) in [6.07, 6.45) is 2.46. The second-order valence-electron chi connectivity index (χ2n) is 6.61. The van der Waals surface area contributed by atoms with E-state index in [2.05, 4.69) is 10.6 Å². The minimum Gasteiger partial charge on any atom is -0.394 e. The second kappa shape index (κ2) is 9.63. The van der Waals surface area contributed by atoms with Crippen molar-refractivity contribution in [3.05, 3.63) is 42.2 Å². The van der Waals surface area contributed by atoms with Crippen molar-refractivity contribution >= 4 is 17.6 Å². The molecule has 1 aromatic rings. The van der Waals surface area contributed by atoms with Gasteiger partial charge in [-0.3, -0.25) is 4.79 Å². The maximum atomic E-state index is 12.9. The van der Waals surface area contributed by atoms with Crippen LogP contribution in [0, 0.1) is 5.82 Å². The topological polar surface area (TPSA) is 100 Å². The fourth-order valence-corrected chi connectivity index (χ4v) is 3.10. The van der Waals surface area contributed by atoms with Gasteiger partial charge >= 0.3 is 6.03 Å². The predicted octanol–water partition coefficient (Wildman–Crippen LogP) is 0.881. The zero-order chi connectivity index (χ0) is 19.9. The molecular weight excluding hydrogens is 369 g/mol. The lowest BCUT2D eigenvalue weighted by atomic mass is 10.0. The normalized spacial score (nSPS) is 24.6. The van der Waals surface area contributed by atoms with Crippen LogP contribution in [0.25, 0.3) is 0 Å². The monoisotopic (exact) mass is 393 g/mol. The number of nitrogens with one attached hydrogen (secondary N) is 2. The molecular formula is C19H24FN3O5. The number of ether oxygens (including phenoxy) is 2. The molecule has 0 unspecified atom stereocenters. The number of carbonyl (C=O) groups is 2. The lowest BCUT2D eigenvalue weighted by molar-refractivity contribution is -0.139. The summed E-state index contributed by atoms with van der Waals surface area (Å²) in [5.41, 5.74) is 0.439. The molecule has 9 heteroatoms. The van der Waals surface area contributed by atoms with E-state index >= 15 is 0 Å². The Labute approximate surface area is 162 Å². The maximum absolute atomic E-state index is 12.9. The molecule has 152 valence electrons. The molecule has 1 aromatic carbocycles. The first kappa shape index (κ1) is 20.2. The van der Waals surface area contributed by atoms with Crippen molar-refractivity contribution in [2.45, 2.75) is 24.7 Å². The molecule has 2 aliphatic rings. The van der Waals surface area contributed by atoms with E-state index in [-0.39, 0.29) is 18.9 Å². The fraction of sp³-hybridized carbons (Fsp3) is 0.474. The molecule has 3 N–H and O–H groups in total. The Morgan fingerprint density at radius 2 is 1.89 bits per heavy atom. The second-order valence-corrected chi connectivity index (χ2v) is 6.61. The van der Waals surface area contributed by atoms with Crippen molar-refractivity contribution in [1.29, 1.82) is 0 Å². The van der Waals surface area contributed by atoms with E-state index in [1.165, 1.54) is 24.3 Å². The standard InChI is InChI=1S/C19H24FN3O5/c20-13-1-3-14(4-2-13)21-19(26)22-16-6-5-15(28-17(16)12-24)11-18(25)23-7-9-27-10-8-23/h1-6,15-17,24H,7-12H2,(H2,21,22,26)/t15-,16-,17-/m0/s1. The number of hydrogen-bond donors (Lipinski definition) is 3. The van der Waals surface area contributed by atoms with E-state index < -0.39 is 30.1 Å². The average molecular weight is 393 g/mol. The van der Waals surface area contributed by atoms with Gasteiger partial charge in [-0.25, -0.2) is 9.18 Å². The zero-order valence-electron chi connectivity index (χ0n) is 15.3. The van der Waals surface area contributed by atoms with Crippen LogP contribution in [-0.2, 0) is 14.3 Å². The third-order valence-corrected chi connectivity index (χ3v) is 4.60. The summed E-state index contributed by atoms with van der Waals surface area (Å²) in [5, 5.41) is 14.9. The number of morpholine rings is 1. The van der Waals surface area contributed by atoms with Crippen LogP contribution >= 0.6 is 0 Å². The number of amides is 3. The molecule has 1 saturated heterocycles. The zero-order valence-corrected chi connectivity index (χ0v) is 15.3. The molecule has 0 aliphatic carbocycles. The minimum absolute atomic E-state index is 0.0323. The van der Waals surface area contributed by atoms with Crippen molar-refractivity contribution in [3.63, 3.8) is 0 Å². The van der Waals surface area contributed by atoms with Gasteiger partial charge in [0.25, 0.3) is 0 Å². The van der Waals surface area contributed by atoms with E-state index in [4.69, 9.17) is 9.47 Å². The third-order valence-electron chi connectivity index (χ3n) is 4.60. The number of urea groups is 1. The molecule has 1 fully saturated rings. The van der Waals surface area contributed by atoms with Crippen LogP contribution in [0.1, 0.15) is 6.42 Å². The molecule has 0 aromatic heterocycles. The molecule has 28 heavy (non-hydrogen) atoms. The number of benzene rings is 1. The first-order valence-corrected chi connectivity index (χ1v) is 9.18. The van der Waals surface area contributed by atoms with Gasteiger partial charge in [-0.15, -0.1) is 0 Å². The molecule has 2 aliphatic heterocycles. The van der Waals surface area contributed by atoms with Gasteiger partial charge in [-0.2, -0.15) is 0 Å². The Bertz CT molecular complexity index is 706. The Balaban J connectivity index is 1.52. The summed E-state index contributed by atoms with van der Waals surface area (Å²) in [4.78, 5) is 26.2. The van der Waals surface area contributed by atoms with Gasteiger partial charge < -0.3 is 30.1 Å². The van der Waals surface area contributed by atoms with Crippen molar-refractivity contribution in [3.8, 4) is 0 Å². The van der Waals surface area contributed by atoms with E-state index in [1.54, 1.807) is 17.1 Å². The number of halogens is 1. The number of carbonyl (C=O) groups excluding carboxylic acids is 2. The summed E-state index contributed by atoms with van der Waals surface area (Å²) >= 11 is 0. The van der Waals surface area contributed by atoms with Crippen molar-refractivity contribution in [2.75, 3.05) is 38.2 Å². The van der Waals surface area contributed by atoms with Crippen molar-refractivity contribution < 1.29 is 28.6 Å². The number of rotatable bonds is 5. The molecule has 0 bridgehead atoms. The van der Waals surface area contributed by atoms with Crippen LogP contribution in [-0.4, -0.2) is 73.1 Å². The minimum atomic E-state index is -0.675. The number of hydrogen-bond acceptors (Lipinski definition) is 5. The third kappa shape index (κ3) is 5.51. The lowest BCUT2D eigenvalue weighted by Crippen LogP contribution is -2.50. The van der Waals surface area contributed by atoms with Crippen LogP contribution in [0.15, 0.2) is 36.4 Å². The highest BCUT2D eigenvalue weighted by molar-refractivity contribution is 5.89. The Morgan fingerprint density at radius 3 is 2.57 bits per heavy atom. The van der Waals surface area contributed by atoms with Gasteiger partial charge in [0.2, 0.25) is 5.91 Å². The van der Waals surface area contributed by atoms with E-state index in [0.29, 0.717) is 32.0 Å². The highest BCUT2D eigenvalue weighted by Crippen LogP contribution is 2.17. The Hall–Kier alpha value is -2.49. The summed E-state index contributed by atoms with van der Waals surface area (Å²) < 4.78 is 23.9. The number of nitrogens with zero attached hydrogens (tertiary/aromatic N) is 1. The Kier molecular flexibility index (Phi) is 6.96. The van der Waals surface area contributed by atoms with Gasteiger partial charge in [0.1, 0.15) is 11.9 Å². The van der Waals surface area contributed by atoms with Crippen molar-refractivity contribution in [2.24, 2.45) is 0 Å². The maximum Gasteiger partial charge on any atom is 0.319 e. The highest BCUT2D eigenvalue weighted by atomic mass is 19.1. The van der Waals surface area contributed by atoms with Crippen molar-refractivity contribution in [1.82, 2.24) is 10.2 Å². The highest BCUT2D eigenvalue weighted by Gasteiger charge is 2.30. The van der Waals surface area contributed by atoms with E-state index in [0.717, 1.165) is 0 Å². The summed E-state index contributed by atoms with van der Waals surface area (Å²) in [6.45, 7) is 1.87. The molecule has 3 amide bonds. The largest absolute Gasteiger partial charge is 0.394 e. The number of aliphatic hydroxyl groups is 1. The first-order valence-electron chi connectivity index (χ1n) is 9.18. The van der Waals surface area contributed by atoms with Gasteiger partial charge in [0.05, 0.1) is 38.4 Å². The summed E-state index contributed by atoms with van der Waals surface area (Å²) in [5.74, 6) is -0.428. The smallest absolute Gasteiger partial charge is 0.319 e. The molecule has 3 rings (SSSR count). The quantitative estimate of drug-likeness (QED) is 0.645. The molecule has 8 nitrogen and oxygen atoms in total. The van der Waals surface area contributed by atoms with Gasteiger partial charge in [-0.05, 0) is 24.3 Å².